The summed E-state index contributed by atoms with van der Waals surface area (Å²) in [6.07, 6.45) is 0.321. The number of hydrogen-bond donors (Lipinski definition) is 1. The molecule has 3 rings (SSSR count). The van der Waals surface area contributed by atoms with Crippen molar-refractivity contribution in [1.29, 1.82) is 0 Å². The van der Waals surface area contributed by atoms with Crippen LogP contribution in [0.3, 0.4) is 0 Å². The smallest absolute Gasteiger partial charge is 0.179 e. The number of halogens is 1. The third kappa shape index (κ3) is 2.59. The van der Waals surface area contributed by atoms with E-state index in [4.69, 9.17) is 5.73 Å². The summed E-state index contributed by atoms with van der Waals surface area (Å²) >= 11 is 0. The molecular weight excluding hydrogens is 289 g/mol. The summed E-state index contributed by atoms with van der Waals surface area (Å²) < 4.78 is 38.0. The second-order valence-corrected chi connectivity index (χ2v) is 7.39. The van der Waals surface area contributed by atoms with Gasteiger partial charge < -0.3 is 5.73 Å². The first kappa shape index (κ1) is 14.2. The Hall–Kier alpha value is -1.72. The topological polar surface area (TPSA) is 60.2 Å². The minimum atomic E-state index is -3.28. The third-order valence-corrected chi connectivity index (χ3v) is 5.82. The Kier molecular flexibility index (Phi) is 3.55. The van der Waals surface area contributed by atoms with Crippen molar-refractivity contribution in [2.24, 2.45) is 5.73 Å². The minimum Gasteiger partial charge on any atom is -0.327 e. The van der Waals surface area contributed by atoms with Gasteiger partial charge in [-0.05, 0) is 29.7 Å². The van der Waals surface area contributed by atoms with Crippen LogP contribution in [0.4, 0.5) is 4.39 Å². The summed E-state index contributed by atoms with van der Waals surface area (Å²) in [7, 11) is -3.28. The lowest BCUT2D eigenvalue weighted by atomic mass is 9.90. The van der Waals surface area contributed by atoms with Gasteiger partial charge in [0.25, 0.3) is 0 Å². The van der Waals surface area contributed by atoms with E-state index in [9.17, 15) is 12.8 Å². The van der Waals surface area contributed by atoms with Crippen molar-refractivity contribution in [3.05, 3.63) is 65.5 Å². The minimum absolute atomic E-state index is 0.00195. The summed E-state index contributed by atoms with van der Waals surface area (Å²) in [6, 6.07) is 13.0. The quantitative estimate of drug-likeness (QED) is 0.946. The molecule has 0 fully saturated rings. The Bertz CT molecular complexity index is 773. The number of benzene rings is 2. The molecule has 0 saturated heterocycles. The van der Waals surface area contributed by atoms with Crippen LogP contribution in [0.15, 0.2) is 53.4 Å². The Morgan fingerprint density at radius 3 is 2.57 bits per heavy atom. The van der Waals surface area contributed by atoms with Gasteiger partial charge in [0.05, 0.1) is 10.6 Å². The SMILES string of the molecule is NC(Cc1ccccc1F)C1CS(=O)(=O)c2ccccc21. The van der Waals surface area contributed by atoms with E-state index in [1.54, 1.807) is 36.4 Å². The van der Waals surface area contributed by atoms with E-state index in [0.29, 0.717) is 16.9 Å². The van der Waals surface area contributed by atoms with Crippen molar-refractivity contribution >= 4 is 9.84 Å². The lowest BCUT2D eigenvalue weighted by Crippen LogP contribution is -2.32. The number of rotatable bonds is 3. The zero-order valence-corrected chi connectivity index (χ0v) is 12.2. The van der Waals surface area contributed by atoms with Gasteiger partial charge >= 0.3 is 0 Å². The fraction of sp³-hybridized carbons (Fsp3) is 0.250. The van der Waals surface area contributed by atoms with Crippen molar-refractivity contribution in [3.8, 4) is 0 Å². The zero-order valence-electron chi connectivity index (χ0n) is 11.4. The highest BCUT2D eigenvalue weighted by Gasteiger charge is 2.37. The van der Waals surface area contributed by atoms with Crippen LogP contribution in [0.2, 0.25) is 0 Å². The normalized spacial score (nSPS) is 21.0. The van der Waals surface area contributed by atoms with Crippen LogP contribution < -0.4 is 5.73 Å². The Morgan fingerprint density at radius 2 is 1.81 bits per heavy atom. The Balaban J connectivity index is 1.90. The number of hydrogen-bond acceptors (Lipinski definition) is 3. The van der Waals surface area contributed by atoms with Crippen molar-refractivity contribution < 1.29 is 12.8 Å². The monoisotopic (exact) mass is 305 g/mol. The second-order valence-electron chi connectivity index (χ2n) is 5.39. The fourth-order valence-corrected chi connectivity index (χ4v) is 4.84. The molecule has 0 bridgehead atoms. The molecule has 0 radical (unpaired) electrons. The highest BCUT2D eigenvalue weighted by Crippen LogP contribution is 2.37. The Morgan fingerprint density at radius 1 is 1.14 bits per heavy atom. The molecule has 0 aliphatic carbocycles. The molecule has 21 heavy (non-hydrogen) atoms. The number of nitrogens with two attached hydrogens (primary N) is 1. The molecule has 0 amide bonds. The van der Waals surface area contributed by atoms with Gasteiger partial charge in [0, 0.05) is 12.0 Å². The highest BCUT2D eigenvalue weighted by molar-refractivity contribution is 7.91. The molecule has 2 atom stereocenters. The summed E-state index contributed by atoms with van der Waals surface area (Å²) in [5.74, 6) is -0.588. The maximum absolute atomic E-state index is 13.7. The van der Waals surface area contributed by atoms with E-state index in [2.05, 4.69) is 0 Å². The standard InChI is InChI=1S/C16H16FNO2S/c17-14-7-3-1-5-11(14)9-15(18)13-10-21(19,20)16-8-4-2-6-12(13)16/h1-8,13,15H,9-10,18H2. The van der Waals surface area contributed by atoms with E-state index < -0.39 is 15.9 Å². The number of sulfone groups is 1. The molecule has 1 aliphatic rings. The molecule has 2 aromatic carbocycles. The average molecular weight is 305 g/mol. The predicted molar refractivity (Wildman–Crippen MR) is 79.3 cm³/mol. The lowest BCUT2D eigenvalue weighted by molar-refractivity contribution is 0.538. The molecule has 2 N–H and O–H groups in total. The molecule has 3 nitrogen and oxygen atoms in total. The van der Waals surface area contributed by atoms with Crippen LogP contribution in [0.25, 0.3) is 0 Å². The second kappa shape index (κ2) is 5.24. The maximum Gasteiger partial charge on any atom is 0.179 e. The molecule has 0 saturated carbocycles. The first-order chi connectivity index (χ1) is 9.99. The molecule has 0 spiro atoms. The van der Waals surface area contributed by atoms with Crippen molar-refractivity contribution in [1.82, 2.24) is 0 Å². The fourth-order valence-electron chi connectivity index (χ4n) is 2.90. The maximum atomic E-state index is 13.7. The van der Waals surface area contributed by atoms with Gasteiger partial charge in [0.15, 0.2) is 9.84 Å². The summed E-state index contributed by atoms with van der Waals surface area (Å²) in [5, 5.41) is 0. The predicted octanol–water partition coefficient (Wildman–Crippen LogP) is 2.27. The zero-order chi connectivity index (χ0) is 15.0. The lowest BCUT2D eigenvalue weighted by Gasteiger charge is -2.19. The highest BCUT2D eigenvalue weighted by atomic mass is 32.2. The molecule has 5 heteroatoms. The van der Waals surface area contributed by atoms with Gasteiger partial charge in [0.1, 0.15) is 5.82 Å². The van der Waals surface area contributed by atoms with E-state index >= 15 is 0 Å². The molecular formula is C16H16FNO2S. The van der Waals surface area contributed by atoms with Crippen LogP contribution in [0, 0.1) is 5.82 Å². The summed E-state index contributed by atoms with van der Waals surface area (Å²) in [6.45, 7) is 0. The van der Waals surface area contributed by atoms with Gasteiger partial charge in [-0.2, -0.15) is 0 Å². The molecule has 2 aromatic rings. The van der Waals surface area contributed by atoms with Crippen molar-refractivity contribution in [2.45, 2.75) is 23.3 Å². The van der Waals surface area contributed by atoms with Gasteiger partial charge in [0.2, 0.25) is 0 Å². The molecule has 110 valence electrons. The van der Waals surface area contributed by atoms with Crippen LogP contribution in [0.1, 0.15) is 17.0 Å². The average Bonchev–Trinajstić information content (AvgIpc) is 2.74. The number of fused-ring (bicyclic) bond motifs is 1. The van der Waals surface area contributed by atoms with Gasteiger partial charge in [-0.1, -0.05) is 36.4 Å². The van der Waals surface area contributed by atoms with Gasteiger partial charge in [-0.3, -0.25) is 0 Å². The van der Waals surface area contributed by atoms with E-state index in [1.807, 2.05) is 6.07 Å². The third-order valence-electron chi connectivity index (χ3n) is 3.98. The van der Waals surface area contributed by atoms with E-state index in [0.717, 1.165) is 5.56 Å². The first-order valence-corrected chi connectivity index (χ1v) is 8.45. The summed E-state index contributed by atoms with van der Waals surface area (Å²) in [4.78, 5) is 0.360. The van der Waals surface area contributed by atoms with Crippen LogP contribution in [-0.4, -0.2) is 20.2 Å². The van der Waals surface area contributed by atoms with E-state index in [-0.39, 0.29) is 17.5 Å². The van der Waals surface area contributed by atoms with Gasteiger partial charge in [-0.15, -0.1) is 0 Å². The van der Waals surface area contributed by atoms with E-state index in [1.165, 1.54) is 6.07 Å². The first-order valence-electron chi connectivity index (χ1n) is 6.80. The summed E-state index contributed by atoms with van der Waals surface area (Å²) in [5.41, 5.74) is 7.46. The molecule has 1 heterocycles. The molecule has 1 aliphatic heterocycles. The van der Waals surface area contributed by atoms with Crippen molar-refractivity contribution in [2.75, 3.05) is 5.75 Å². The largest absolute Gasteiger partial charge is 0.327 e. The van der Waals surface area contributed by atoms with Crippen LogP contribution in [-0.2, 0) is 16.3 Å². The molecule has 2 unspecified atom stereocenters. The van der Waals surface area contributed by atoms with Crippen LogP contribution >= 0.6 is 0 Å². The van der Waals surface area contributed by atoms with Gasteiger partial charge in [-0.25, -0.2) is 12.8 Å². The molecule has 0 aromatic heterocycles. The Labute approximate surface area is 123 Å². The van der Waals surface area contributed by atoms with Crippen LogP contribution in [0.5, 0.6) is 0 Å². The van der Waals surface area contributed by atoms with Crippen molar-refractivity contribution in [3.63, 3.8) is 0 Å².